The predicted octanol–water partition coefficient (Wildman–Crippen LogP) is 6.42. The van der Waals surface area contributed by atoms with E-state index in [2.05, 4.69) is 43.1 Å². The topological polar surface area (TPSA) is 84.4 Å². The van der Waals surface area contributed by atoms with Crippen molar-refractivity contribution in [2.24, 2.45) is 5.73 Å². The van der Waals surface area contributed by atoms with Crippen LogP contribution >= 0.6 is 0 Å². The molecule has 1 unspecified atom stereocenters. The molecule has 0 saturated carbocycles. The fraction of sp³-hybridized carbons (Fsp3) is 0.448. The average Bonchev–Trinajstić information content (AvgIpc) is 3.37. The first kappa shape index (κ1) is 28.3. The summed E-state index contributed by atoms with van der Waals surface area (Å²) in [6, 6.07) is 18.9. The number of carbonyl (C=O) groups excluding carboxylic acids is 1. The van der Waals surface area contributed by atoms with Crippen molar-refractivity contribution in [2.45, 2.75) is 72.5 Å². The molecule has 0 spiro atoms. The second-order valence-corrected chi connectivity index (χ2v) is 8.96. The van der Waals surface area contributed by atoms with Gasteiger partial charge in [0, 0.05) is 35.7 Å². The Labute approximate surface area is 210 Å². The van der Waals surface area contributed by atoms with E-state index in [1.54, 1.807) is 0 Å². The van der Waals surface area contributed by atoms with Crippen LogP contribution < -0.4 is 11.1 Å². The van der Waals surface area contributed by atoms with E-state index in [0.717, 1.165) is 43.6 Å². The highest BCUT2D eigenvalue weighted by Gasteiger charge is 2.28. The zero-order valence-electron chi connectivity index (χ0n) is 22.2. The Morgan fingerprint density at radius 2 is 1.69 bits per heavy atom. The van der Waals surface area contributed by atoms with Crippen LogP contribution in [-0.4, -0.2) is 35.2 Å². The van der Waals surface area contributed by atoms with Crippen LogP contribution in [-0.2, 0) is 5.41 Å². The Balaban J connectivity index is 0.00000210. The van der Waals surface area contributed by atoms with E-state index in [-0.39, 0.29) is 12.1 Å². The first-order valence-corrected chi connectivity index (χ1v) is 12.8. The SMILES string of the molecule is CC.CCCCN(CCC)C(N)Nc1cc(C(C)(C)c2cccc(C(=O)c3ccccc3)c2)no1. The lowest BCUT2D eigenvalue weighted by molar-refractivity contribution is 0.103. The number of anilines is 1. The molecule has 6 heteroatoms. The minimum Gasteiger partial charge on any atom is -0.339 e. The van der Waals surface area contributed by atoms with E-state index < -0.39 is 5.41 Å². The maximum atomic E-state index is 12.9. The van der Waals surface area contributed by atoms with Crippen LogP contribution in [0.4, 0.5) is 5.88 Å². The molecule has 35 heavy (non-hydrogen) atoms. The highest BCUT2D eigenvalue weighted by atomic mass is 16.5. The van der Waals surface area contributed by atoms with Gasteiger partial charge in [-0.2, -0.15) is 0 Å². The second-order valence-electron chi connectivity index (χ2n) is 8.96. The number of unbranched alkanes of at least 4 members (excludes halogenated alkanes) is 1. The molecular weight excluding hydrogens is 436 g/mol. The van der Waals surface area contributed by atoms with Crippen LogP contribution in [0.15, 0.2) is 65.2 Å². The smallest absolute Gasteiger partial charge is 0.227 e. The van der Waals surface area contributed by atoms with Crippen LogP contribution in [0.5, 0.6) is 0 Å². The Kier molecular flexibility index (Phi) is 11.2. The van der Waals surface area contributed by atoms with Crippen LogP contribution in [0.2, 0.25) is 0 Å². The standard InChI is InChI=1S/C27H36N4O2.C2H6/c1-5-7-17-31(16-6-2)26(28)29-24-19-23(30-33-24)27(3,4)22-15-11-14-21(18-22)25(32)20-12-9-8-10-13-20;1-2/h8-15,18-19,26,29H,5-7,16-17,28H2,1-4H3;1-2H3. The van der Waals surface area contributed by atoms with Gasteiger partial charge in [-0.3, -0.25) is 15.4 Å². The predicted molar refractivity (Wildman–Crippen MR) is 145 cm³/mol. The Morgan fingerprint density at radius 3 is 2.34 bits per heavy atom. The molecular formula is C29H42N4O2. The van der Waals surface area contributed by atoms with Gasteiger partial charge in [0.05, 0.1) is 5.69 Å². The quantitative estimate of drug-likeness (QED) is 0.231. The van der Waals surface area contributed by atoms with Gasteiger partial charge >= 0.3 is 0 Å². The summed E-state index contributed by atoms with van der Waals surface area (Å²) >= 11 is 0. The number of nitrogens with two attached hydrogens (primary N) is 1. The van der Waals surface area contributed by atoms with Crippen LogP contribution in [0, 0.1) is 0 Å². The Hall–Kier alpha value is -2.96. The molecule has 0 radical (unpaired) electrons. The fourth-order valence-electron chi connectivity index (χ4n) is 3.87. The summed E-state index contributed by atoms with van der Waals surface area (Å²) in [6.45, 7) is 14.3. The number of rotatable bonds is 12. The van der Waals surface area contributed by atoms with Crippen LogP contribution in [0.25, 0.3) is 0 Å². The summed E-state index contributed by atoms with van der Waals surface area (Å²) < 4.78 is 5.59. The minimum atomic E-state index is -0.453. The molecule has 0 bridgehead atoms. The molecule has 0 aliphatic heterocycles. The summed E-state index contributed by atoms with van der Waals surface area (Å²) in [5.74, 6) is 0.546. The zero-order valence-corrected chi connectivity index (χ0v) is 22.2. The molecule has 3 N–H and O–H groups in total. The third kappa shape index (κ3) is 7.51. The number of hydrogen-bond acceptors (Lipinski definition) is 6. The van der Waals surface area contributed by atoms with Gasteiger partial charge in [0.25, 0.3) is 0 Å². The number of ketones is 1. The van der Waals surface area contributed by atoms with E-state index in [4.69, 9.17) is 10.3 Å². The molecule has 3 aromatic rings. The summed E-state index contributed by atoms with van der Waals surface area (Å²) in [4.78, 5) is 15.1. The van der Waals surface area contributed by atoms with Crippen molar-refractivity contribution >= 4 is 11.7 Å². The molecule has 2 aromatic carbocycles. The van der Waals surface area contributed by atoms with E-state index in [1.165, 1.54) is 0 Å². The van der Waals surface area contributed by atoms with Gasteiger partial charge in [-0.15, -0.1) is 0 Å². The number of hydrogen-bond donors (Lipinski definition) is 2. The normalized spacial score (nSPS) is 12.1. The van der Waals surface area contributed by atoms with Crippen molar-refractivity contribution in [3.63, 3.8) is 0 Å². The number of aromatic nitrogens is 1. The van der Waals surface area contributed by atoms with Crippen LogP contribution in [0.1, 0.15) is 88.0 Å². The minimum absolute atomic E-state index is 0.00447. The molecule has 0 fully saturated rings. The molecule has 3 rings (SSSR count). The highest BCUT2D eigenvalue weighted by molar-refractivity contribution is 6.09. The molecule has 6 nitrogen and oxygen atoms in total. The summed E-state index contributed by atoms with van der Waals surface area (Å²) in [7, 11) is 0. The molecule has 1 atom stereocenters. The average molecular weight is 479 g/mol. The molecule has 1 heterocycles. The van der Waals surface area contributed by atoms with Crippen molar-refractivity contribution < 1.29 is 9.32 Å². The number of nitrogens with zero attached hydrogens (tertiary/aromatic N) is 2. The number of nitrogens with one attached hydrogen (secondary N) is 1. The van der Waals surface area contributed by atoms with Gasteiger partial charge in [0.2, 0.25) is 5.88 Å². The van der Waals surface area contributed by atoms with Gasteiger partial charge < -0.3 is 9.84 Å². The third-order valence-corrected chi connectivity index (χ3v) is 6.03. The summed E-state index contributed by atoms with van der Waals surface area (Å²) in [6.07, 6.45) is 2.92. The van der Waals surface area contributed by atoms with Crippen molar-refractivity contribution in [1.29, 1.82) is 0 Å². The van der Waals surface area contributed by atoms with Crippen LogP contribution in [0.3, 0.4) is 0 Å². The molecule has 190 valence electrons. The third-order valence-electron chi connectivity index (χ3n) is 6.03. The number of carbonyl (C=O) groups is 1. The maximum absolute atomic E-state index is 12.9. The molecule has 0 saturated heterocycles. The van der Waals surface area contributed by atoms with Crippen molar-refractivity contribution in [2.75, 3.05) is 18.4 Å². The largest absolute Gasteiger partial charge is 0.339 e. The van der Waals surface area contributed by atoms with E-state index in [0.29, 0.717) is 17.0 Å². The van der Waals surface area contributed by atoms with Gasteiger partial charge in [0.1, 0.15) is 6.29 Å². The first-order chi connectivity index (χ1) is 16.9. The highest BCUT2D eigenvalue weighted by Crippen LogP contribution is 2.33. The van der Waals surface area contributed by atoms with E-state index in [1.807, 2.05) is 74.5 Å². The molecule has 0 amide bonds. The van der Waals surface area contributed by atoms with Crippen molar-refractivity contribution in [3.8, 4) is 0 Å². The first-order valence-electron chi connectivity index (χ1n) is 12.8. The molecule has 1 aromatic heterocycles. The van der Waals surface area contributed by atoms with Gasteiger partial charge in [0.15, 0.2) is 5.78 Å². The lowest BCUT2D eigenvalue weighted by Crippen LogP contribution is -2.48. The zero-order chi connectivity index (χ0) is 25.8. The lowest BCUT2D eigenvalue weighted by Gasteiger charge is -2.28. The second kappa shape index (κ2) is 13.8. The van der Waals surface area contributed by atoms with Gasteiger partial charge in [-0.1, -0.05) is 102 Å². The van der Waals surface area contributed by atoms with E-state index >= 15 is 0 Å². The maximum Gasteiger partial charge on any atom is 0.227 e. The lowest BCUT2D eigenvalue weighted by atomic mass is 9.80. The van der Waals surface area contributed by atoms with Gasteiger partial charge in [-0.25, -0.2) is 0 Å². The number of benzene rings is 2. The molecule has 0 aliphatic rings. The Bertz CT molecular complexity index is 1030. The monoisotopic (exact) mass is 478 g/mol. The van der Waals surface area contributed by atoms with Crippen molar-refractivity contribution in [1.82, 2.24) is 10.1 Å². The van der Waals surface area contributed by atoms with Gasteiger partial charge in [-0.05, 0) is 24.5 Å². The van der Waals surface area contributed by atoms with Crippen molar-refractivity contribution in [3.05, 3.63) is 83.0 Å². The molecule has 0 aliphatic carbocycles. The fourth-order valence-corrected chi connectivity index (χ4v) is 3.87. The van der Waals surface area contributed by atoms with E-state index in [9.17, 15) is 4.79 Å². The Morgan fingerprint density at radius 1 is 1.00 bits per heavy atom. The summed E-state index contributed by atoms with van der Waals surface area (Å²) in [5.41, 5.74) is 9.05. The summed E-state index contributed by atoms with van der Waals surface area (Å²) in [5, 5.41) is 7.57.